The minimum atomic E-state index is -0.160. The number of aliphatic hydroxyl groups excluding tert-OH is 2. The summed E-state index contributed by atoms with van der Waals surface area (Å²) in [5.74, 6) is 2.08. The highest BCUT2D eigenvalue weighted by Crippen LogP contribution is 2.62. The summed E-state index contributed by atoms with van der Waals surface area (Å²) in [4.78, 5) is 0. The van der Waals surface area contributed by atoms with Crippen molar-refractivity contribution in [1.29, 1.82) is 0 Å². The van der Waals surface area contributed by atoms with Crippen LogP contribution in [-0.2, 0) is 0 Å². The molecule has 0 spiro atoms. The van der Waals surface area contributed by atoms with Crippen LogP contribution >= 0.6 is 0 Å². The van der Waals surface area contributed by atoms with Gasteiger partial charge in [0.15, 0.2) is 0 Å². The van der Waals surface area contributed by atoms with E-state index >= 15 is 0 Å². The maximum atomic E-state index is 10.4. The van der Waals surface area contributed by atoms with Crippen molar-refractivity contribution < 1.29 is 15.3 Å². The Kier molecular flexibility index (Phi) is 3.28. The largest absolute Gasteiger partial charge is 0.508 e. The standard InChI is InChI=1S/C19H26O3/c1-19-7-6-14-13-3-2-12(21)9-15(13)11(10-20)8-16(14)17(19)4-5-18(19)22/h2-3,9,11,14,16-18,20-22H,4-8,10H2,1H3. The zero-order valence-electron chi connectivity index (χ0n) is 13.2. The van der Waals surface area contributed by atoms with E-state index in [0.29, 0.717) is 23.5 Å². The summed E-state index contributed by atoms with van der Waals surface area (Å²) < 4.78 is 0. The molecular formula is C19H26O3. The van der Waals surface area contributed by atoms with Crippen molar-refractivity contribution in [3.63, 3.8) is 0 Å². The molecule has 1 aromatic rings. The third-order valence-corrected chi connectivity index (χ3v) is 7.07. The second-order valence-electron chi connectivity index (χ2n) is 7.94. The highest BCUT2D eigenvalue weighted by Gasteiger charge is 2.55. The number of rotatable bonds is 1. The number of aromatic hydroxyl groups is 1. The Morgan fingerprint density at radius 1 is 1.18 bits per heavy atom. The second-order valence-corrected chi connectivity index (χ2v) is 7.94. The minimum Gasteiger partial charge on any atom is -0.508 e. The molecule has 3 nitrogen and oxygen atoms in total. The van der Waals surface area contributed by atoms with Crippen LogP contribution in [-0.4, -0.2) is 28.0 Å². The van der Waals surface area contributed by atoms with Crippen molar-refractivity contribution in [1.82, 2.24) is 0 Å². The molecule has 120 valence electrons. The first-order chi connectivity index (χ1) is 10.5. The van der Waals surface area contributed by atoms with Gasteiger partial charge >= 0.3 is 0 Å². The van der Waals surface area contributed by atoms with E-state index in [9.17, 15) is 15.3 Å². The maximum absolute atomic E-state index is 10.4. The first kappa shape index (κ1) is 14.5. The Balaban J connectivity index is 1.76. The molecule has 4 rings (SSSR count). The molecule has 3 heteroatoms. The summed E-state index contributed by atoms with van der Waals surface area (Å²) in [6, 6.07) is 5.70. The van der Waals surface area contributed by atoms with Crippen molar-refractivity contribution in [2.75, 3.05) is 6.61 Å². The van der Waals surface area contributed by atoms with Gasteiger partial charge in [-0.3, -0.25) is 0 Å². The molecule has 3 aliphatic carbocycles. The minimum absolute atomic E-state index is 0.0651. The van der Waals surface area contributed by atoms with E-state index in [0.717, 1.165) is 37.7 Å². The number of phenolic OH excluding ortho intramolecular Hbond substituents is 1. The molecule has 0 aliphatic heterocycles. The number of fused-ring (bicyclic) bond motifs is 5. The van der Waals surface area contributed by atoms with Gasteiger partial charge in [0.25, 0.3) is 0 Å². The van der Waals surface area contributed by atoms with E-state index in [1.165, 1.54) is 5.56 Å². The van der Waals surface area contributed by atoms with E-state index in [4.69, 9.17) is 0 Å². The monoisotopic (exact) mass is 302 g/mol. The number of hydrogen-bond acceptors (Lipinski definition) is 3. The molecule has 0 heterocycles. The van der Waals surface area contributed by atoms with Crippen LogP contribution in [0.4, 0.5) is 0 Å². The van der Waals surface area contributed by atoms with Gasteiger partial charge < -0.3 is 15.3 Å². The molecular weight excluding hydrogens is 276 g/mol. The van der Waals surface area contributed by atoms with Gasteiger partial charge in [-0.05, 0) is 78.5 Å². The van der Waals surface area contributed by atoms with E-state index in [1.807, 2.05) is 6.07 Å². The molecule has 0 amide bonds. The molecule has 22 heavy (non-hydrogen) atoms. The summed E-state index contributed by atoms with van der Waals surface area (Å²) in [5.41, 5.74) is 2.54. The Labute approximate surface area is 132 Å². The Morgan fingerprint density at radius 2 is 2.00 bits per heavy atom. The van der Waals surface area contributed by atoms with E-state index in [1.54, 1.807) is 6.07 Å². The summed E-state index contributed by atoms with van der Waals surface area (Å²) in [6.07, 6.45) is 5.08. The molecule has 2 fully saturated rings. The van der Waals surface area contributed by atoms with Crippen molar-refractivity contribution in [2.45, 2.75) is 57.0 Å². The first-order valence-electron chi connectivity index (χ1n) is 8.66. The molecule has 3 N–H and O–H groups in total. The molecule has 2 saturated carbocycles. The molecule has 6 atom stereocenters. The number of aliphatic hydroxyl groups is 2. The van der Waals surface area contributed by atoms with Gasteiger partial charge in [-0.25, -0.2) is 0 Å². The fourth-order valence-electron chi connectivity index (χ4n) is 5.86. The van der Waals surface area contributed by atoms with E-state index in [2.05, 4.69) is 13.0 Å². The van der Waals surface area contributed by atoms with Gasteiger partial charge in [-0.1, -0.05) is 13.0 Å². The predicted molar refractivity (Wildman–Crippen MR) is 84.9 cm³/mol. The fraction of sp³-hybridized carbons (Fsp3) is 0.684. The third kappa shape index (κ3) is 1.88. The smallest absolute Gasteiger partial charge is 0.115 e. The lowest BCUT2D eigenvalue weighted by Crippen LogP contribution is -2.44. The van der Waals surface area contributed by atoms with Crippen LogP contribution in [0.1, 0.15) is 62.0 Å². The number of hydrogen-bond donors (Lipinski definition) is 3. The third-order valence-electron chi connectivity index (χ3n) is 7.07. The van der Waals surface area contributed by atoms with Crippen molar-refractivity contribution in [3.8, 4) is 5.75 Å². The lowest BCUT2D eigenvalue weighted by molar-refractivity contribution is -0.0265. The van der Waals surface area contributed by atoms with Gasteiger partial charge in [-0.2, -0.15) is 0 Å². The average molecular weight is 302 g/mol. The van der Waals surface area contributed by atoms with Crippen molar-refractivity contribution in [2.24, 2.45) is 17.3 Å². The Morgan fingerprint density at radius 3 is 2.77 bits per heavy atom. The zero-order chi connectivity index (χ0) is 15.5. The van der Waals surface area contributed by atoms with Crippen molar-refractivity contribution >= 4 is 0 Å². The molecule has 3 aliphatic rings. The van der Waals surface area contributed by atoms with Gasteiger partial charge in [0.1, 0.15) is 5.75 Å². The highest BCUT2D eigenvalue weighted by molar-refractivity contribution is 5.42. The van der Waals surface area contributed by atoms with E-state index in [-0.39, 0.29) is 24.0 Å². The van der Waals surface area contributed by atoms with Crippen LogP contribution in [0.15, 0.2) is 18.2 Å². The molecule has 6 unspecified atom stereocenters. The summed E-state index contributed by atoms with van der Waals surface area (Å²) in [7, 11) is 0. The van der Waals surface area contributed by atoms with Crippen LogP contribution < -0.4 is 0 Å². The zero-order valence-corrected chi connectivity index (χ0v) is 13.2. The summed E-state index contributed by atoms with van der Waals surface area (Å²) >= 11 is 0. The Bertz CT molecular complexity index is 584. The Hall–Kier alpha value is -1.06. The fourth-order valence-corrected chi connectivity index (χ4v) is 5.86. The quantitative estimate of drug-likeness (QED) is 0.747. The average Bonchev–Trinajstić information content (AvgIpc) is 2.82. The normalized spacial score (nSPS) is 43.3. The molecule has 0 aromatic heterocycles. The second kappa shape index (κ2) is 4.97. The van der Waals surface area contributed by atoms with Gasteiger partial charge in [-0.15, -0.1) is 0 Å². The molecule has 0 radical (unpaired) electrons. The lowest BCUT2D eigenvalue weighted by Gasteiger charge is -2.51. The van der Waals surface area contributed by atoms with E-state index < -0.39 is 0 Å². The number of benzene rings is 1. The SMILES string of the molecule is CC12CCC3c4ccc(O)cc4C(CO)CC3C1CCC2O. The first-order valence-corrected chi connectivity index (χ1v) is 8.66. The van der Waals surface area contributed by atoms with Crippen LogP contribution in [0.3, 0.4) is 0 Å². The maximum Gasteiger partial charge on any atom is 0.115 e. The van der Waals surface area contributed by atoms with Crippen molar-refractivity contribution in [3.05, 3.63) is 29.3 Å². The van der Waals surface area contributed by atoms with Gasteiger partial charge in [0, 0.05) is 12.5 Å². The number of phenols is 1. The van der Waals surface area contributed by atoms with Gasteiger partial charge in [0.2, 0.25) is 0 Å². The van der Waals surface area contributed by atoms with Crippen LogP contribution in [0.2, 0.25) is 0 Å². The molecule has 0 saturated heterocycles. The lowest BCUT2D eigenvalue weighted by atomic mass is 9.54. The summed E-state index contributed by atoms with van der Waals surface area (Å²) in [6.45, 7) is 2.41. The summed E-state index contributed by atoms with van der Waals surface area (Å²) in [5, 5.41) is 30.1. The van der Waals surface area contributed by atoms with Crippen LogP contribution in [0.5, 0.6) is 5.75 Å². The molecule has 1 aromatic carbocycles. The van der Waals surface area contributed by atoms with Crippen LogP contribution in [0.25, 0.3) is 0 Å². The predicted octanol–water partition coefficient (Wildman–Crippen LogP) is 3.14. The van der Waals surface area contributed by atoms with Gasteiger partial charge in [0.05, 0.1) is 6.10 Å². The topological polar surface area (TPSA) is 60.7 Å². The molecule has 0 bridgehead atoms. The highest BCUT2D eigenvalue weighted by atomic mass is 16.3. The van der Waals surface area contributed by atoms with Crippen LogP contribution in [0, 0.1) is 17.3 Å².